The van der Waals surface area contributed by atoms with Gasteiger partial charge in [0.1, 0.15) is 0 Å². The molecule has 0 saturated carbocycles. The zero-order valence-electron chi connectivity index (χ0n) is 25.9. The lowest BCUT2D eigenvalue weighted by molar-refractivity contribution is 1.11. The molecule has 0 atom stereocenters. The molecule has 2 aromatic rings. The van der Waals surface area contributed by atoms with E-state index in [2.05, 4.69) is 67.1 Å². The normalized spacial score (nSPS) is 13.9. The predicted octanol–water partition coefficient (Wildman–Crippen LogP) is 9.48. The fourth-order valence-electron chi connectivity index (χ4n) is 3.58. The minimum Gasteiger partial charge on any atom is -0.324 e. The molecule has 0 spiro atoms. The van der Waals surface area contributed by atoms with Gasteiger partial charge in [-0.15, -0.1) is 0 Å². The molecule has 0 aliphatic rings. The second-order valence-corrected chi connectivity index (χ2v) is 8.73. The van der Waals surface area contributed by atoms with Crippen LogP contribution in [-0.4, -0.2) is 19.9 Å². The molecule has 8 heteroatoms. The highest BCUT2D eigenvalue weighted by Gasteiger charge is 2.07. The van der Waals surface area contributed by atoms with Crippen molar-refractivity contribution < 1.29 is 0 Å². The summed E-state index contributed by atoms with van der Waals surface area (Å²) in [6, 6.07) is 3.64. The smallest absolute Gasteiger partial charge is 0.227 e. The van der Waals surface area contributed by atoms with Crippen LogP contribution in [0.15, 0.2) is 169 Å². The van der Waals surface area contributed by atoms with Crippen molar-refractivity contribution in [2.24, 2.45) is 10.2 Å². The molecule has 2 rings (SSSR count). The van der Waals surface area contributed by atoms with Crippen LogP contribution in [0.3, 0.4) is 0 Å². The van der Waals surface area contributed by atoms with E-state index in [-0.39, 0.29) is 0 Å². The maximum Gasteiger partial charge on any atom is 0.227 e. The quantitative estimate of drug-likeness (QED) is 0.151. The highest BCUT2D eigenvalue weighted by Crippen LogP contribution is 2.21. The number of allylic oxidation sites excluding steroid dienone is 16. The highest BCUT2D eigenvalue weighted by molar-refractivity contribution is 5.74. The first kappa shape index (κ1) is 34.4. The number of aromatic nitrogens is 4. The van der Waals surface area contributed by atoms with Gasteiger partial charge in [-0.2, -0.15) is 10.2 Å². The summed E-state index contributed by atoms with van der Waals surface area (Å²) in [6.07, 6.45) is 29.0. The van der Waals surface area contributed by atoms with Crippen LogP contribution in [-0.2, 0) is 0 Å². The molecular weight excluding hydrogens is 544 g/mol. The van der Waals surface area contributed by atoms with Crippen molar-refractivity contribution in [3.05, 3.63) is 170 Å². The predicted molar refractivity (Wildman–Crippen MR) is 186 cm³/mol. The molecule has 2 N–H and O–H groups in total. The van der Waals surface area contributed by atoms with Gasteiger partial charge in [0.05, 0.1) is 22.8 Å². The molecule has 224 valence electrons. The largest absolute Gasteiger partial charge is 0.324 e. The minimum atomic E-state index is 0.443. The summed E-state index contributed by atoms with van der Waals surface area (Å²) in [5.41, 5.74) is 5.78. The molecule has 0 bridgehead atoms. The number of hydrogen-bond acceptors (Lipinski definition) is 8. The SMILES string of the molecule is C=C/C=C(\C=C/C)Nc1nccc(/C(C=C)=C/C(=C\C)/N=N/C(C=C)=C/C(=C\C)c2ccnc(NC(/C=C\C)=C/C=C)n2)n1. The van der Waals surface area contributed by atoms with E-state index >= 15 is 0 Å². The van der Waals surface area contributed by atoms with Crippen molar-refractivity contribution in [2.45, 2.75) is 27.7 Å². The van der Waals surface area contributed by atoms with E-state index in [4.69, 9.17) is 0 Å². The first-order valence-electron chi connectivity index (χ1n) is 14.0. The molecule has 0 saturated heterocycles. The first-order chi connectivity index (χ1) is 21.4. The number of anilines is 2. The van der Waals surface area contributed by atoms with Gasteiger partial charge < -0.3 is 10.6 Å². The molecular formula is C36H40N8. The Balaban J connectivity index is 2.34. The summed E-state index contributed by atoms with van der Waals surface area (Å²) in [7, 11) is 0. The van der Waals surface area contributed by atoms with Crippen LogP contribution in [0.25, 0.3) is 11.1 Å². The molecule has 0 aliphatic carbocycles. The number of nitrogens with zero attached hydrogens (tertiary/aromatic N) is 6. The Morgan fingerprint density at radius 3 is 1.61 bits per heavy atom. The van der Waals surface area contributed by atoms with Gasteiger partial charge in [-0.1, -0.05) is 68.8 Å². The molecule has 44 heavy (non-hydrogen) atoms. The van der Waals surface area contributed by atoms with Crippen molar-refractivity contribution in [1.82, 2.24) is 19.9 Å². The molecule has 2 heterocycles. The zero-order valence-corrected chi connectivity index (χ0v) is 25.9. The van der Waals surface area contributed by atoms with E-state index in [0.29, 0.717) is 34.7 Å². The highest BCUT2D eigenvalue weighted by atomic mass is 15.1. The summed E-state index contributed by atoms with van der Waals surface area (Å²) in [5.74, 6) is 0.901. The molecule has 0 aromatic carbocycles. The van der Waals surface area contributed by atoms with E-state index in [9.17, 15) is 0 Å². The summed E-state index contributed by atoms with van der Waals surface area (Å²) < 4.78 is 0. The van der Waals surface area contributed by atoms with Gasteiger partial charge in [0.25, 0.3) is 0 Å². The van der Waals surface area contributed by atoms with Gasteiger partial charge in [0.2, 0.25) is 11.9 Å². The lowest BCUT2D eigenvalue weighted by Crippen LogP contribution is -2.03. The monoisotopic (exact) mass is 584 g/mol. The summed E-state index contributed by atoms with van der Waals surface area (Å²) >= 11 is 0. The fourth-order valence-corrected chi connectivity index (χ4v) is 3.58. The van der Waals surface area contributed by atoms with Crippen LogP contribution < -0.4 is 10.6 Å². The van der Waals surface area contributed by atoms with Crippen molar-refractivity contribution in [3.8, 4) is 0 Å². The van der Waals surface area contributed by atoms with E-state index < -0.39 is 0 Å². The average Bonchev–Trinajstić information content (AvgIpc) is 3.03. The Morgan fingerprint density at radius 2 is 1.18 bits per heavy atom. The molecule has 2 aromatic heterocycles. The second-order valence-electron chi connectivity index (χ2n) is 8.73. The van der Waals surface area contributed by atoms with Gasteiger partial charge in [0.15, 0.2) is 0 Å². The number of rotatable bonds is 16. The van der Waals surface area contributed by atoms with Crippen LogP contribution >= 0.6 is 0 Å². The Kier molecular flexibility index (Phi) is 15.2. The van der Waals surface area contributed by atoms with E-state index in [1.165, 1.54) is 0 Å². The standard InChI is InChI=1S/C36H40N8/c1-9-17-31(18-10-2)39-35-37-23-21-33(41-35)27(13-5)25-29(15-7)43-44-30(16-8)26-28(14-6)34-22-24-38-36(42-34)40-32(19-11-3)20-12-4/h9-26H,1,3,5,8H2,2,4,6-7H3,(H,37,39,41)(H,38,40,42)/b18-10-,20-12-,27-25+,28-14+,29-15+,30-26+,31-17+,32-19+,44-43+. The van der Waals surface area contributed by atoms with E-state index in [1.807, 2.05) is 101 Å². The van der Waals surface area contributed by atoms with Gasteiger partial charge in [-0.3, -0.25) is 0 Å². The third-order valence-corrected chi connectivity index (χ3v) is 5.63. The fraction of sp³-hybridized carbons (Fsp3) is 0.111. The first-order valence-corrected chi connectivity index (χ1v) is 14.0. The minimum absolute atomic E-state index is 0.443. The molecule has 0 fully saturated rings. The Morgan fingerprint density at radius 1 is 0.659 bits per heavy atom. The summed E-state index contributed by atoms with van der Waals surface area (Å²) in [5, 5.41) is 15.3. The maximum absolute atomic E-state index is 4.66. The van der Waals surface area contributed by atoms with E-state index in [1.54, 1.807) is 36.7 Å². The topological polar surface area (TPSA) is 100 Å². The third kappa shape index (κ3) is 11.3. The lowest BCUT2D eigenvalue weighted by atomic mass is 10.1. The van der Waals surface area contributed by atoms with E-state index in [0.717, 1.165) is 22.5 Å². The van der Waals surface area contributed by atoms with Gasteiger partial charge in [-0.05, 0) is 87.9 Å². The van der Waals surface area contributed by atoms with Crippen LogP contribution in [0.5, 0.6) is 0 Å². The zero-order chi connectivity index (χ0) is 32.2. The molecule has 0 aliphatic heterocycles. The lowest BCUT2D eigenvalue weighted by Gasteiger charge is -2.08. The summed E-state index contributed by atoms with van der Waals surface area (Å²) in [4.78, 5) is 18.0. The van der Waals surface area contributed by atoms with Gasteiger partial charge in [-0.25, -0.2) is 19.9 Å². The van der Waals surface area contributed by atoms with Crippen molar-refractivity contribution in [3.63, 3.8) is 0 Å². The van der Waals surface area contributed by atoms with Crippen molar-refractivity contribution in [1.29, 1.82) is 0 Å². The average molecular weight is 585 g/mol. The van der Waals surface area contributed by atoms with Crippen LogP contribution in [0.2, 0.25) is 0 Å². The van der Waals surface area contributed by atoms with Crippen LogP contribution in [0.1, 0.15) is 39.1 Å². The second kappa shape index (κ2) is 19.4. The number of azo groups is 1. The molecule has 0 amide bonds. The maximum atomic E-state index is 4.66. The summed E-state index contributed by atoms with van der Waals surface area (Å²) in [6.45, 7) is 23.1. The molecule has 0 radical (unpaired) electrons. The molecule has 0 unspecified atom stereocenters. The number of nitrogens with one attached hydrogen (secondary N) is 2. The Hall–Kier alpha value is -5.76. The van der Waals surface area contributed by atoms with Gasteiger partial charge in [0, 0.05) is 29.4 Å². The Labute approximate surface area is 261 Å². The number of hydrogen-bond donors (Lipinski definition) is 2. The van der Waals surface area contributed by atoms with Crippen LogP contribution in [0.4, 0.5) is 11.9 Å². The Bertz CT molecular complexity index is 1610. The van der Waals surface area contributed by atoms with Crippen molar-refractivity contribution >= 4 is 23.0 Å². The van der Waals surface area contributed by atoms with Crippen LogP contribution in [0, 0.1) is 0 Å². The van der Waals surface area contributed by atoms with Gasteiger partial charge >= 0.3 is 0 Å². The van der Waals surface area contributed by atoms with Crippen molar-refractivity contribution in [2.75, 3.05) is 10.6 Å². The third-order valence-electron chi connectivity index (χ3n) is 5.63. The molecule has 8 nitrogen and oxygen atoms in total.